The SMILES string of the molecule is Oc1ccc(C=CC(C=Cc2ccc(O)cc2)c2ccccn2)cc1. The first-order valence-corrected chi connectivity index (χ1v) is 8.06. The largest absolute Gasteiger partial charge is 0.508 e. The van der Waals surface area contributed by atoms with Gasteiger partial charge in [0, 0.05) is 12.1 Å². The van der Waals surface area contributed by atoms with Crippen LogP contribution in [0.3, 0.4) is 0 Å². The summed E-state index contributed by atoms with van der Waals surface area (Å²) in [6, 6.07) is 20.0. The first-order chi connectivity index (χ1) is 12.2. The Morgan fingerprint density at radius 1 is 0.680 bits per heavy atom. The van der Waals surface area contributed by atoms with E-state index in [0.29, 0.717) is 0 Å². The molecule has 3 heteroatoms. The lowest BCUT2D eigenvalue weighted by Gasteiger charge is -2.07. The predicted octanol–water partition coefficient (Wildman–Crippen LogP) is 5.00. The van der Waals surface area contributed by atoms with Gasteiger partial charge in [-0.15, -0.1) is 0 Å². The summed E-state index contributed by atoms with van der Waals surface area (Å²) in [6.07, 6.45) is 9.96. The Kier molecular flexibility index (Phi) is 5.27. The van der Waals surface area contributed by atoms with Gasteiger partial charge in [-0.25, -0.2) is 0 Å². The molecular formula is C22H19NO2. The smallest absolute Gasteiger partial charge is 0.115 e. The lowest BCUT2D eigenvalue weighted by atomic mass is 10.0. The molecule has 3 nitrogen and oxygen atoms in total. The van der Waals surface area contributed by atoms with E-state index in [1.54, 1.807) is 30.5 Å². The van der Waals surface area contributed by atoms with E-state index < -0.39 is 0 Å². The van der Waals surface area contributed by atoms with Crippen LogP contribution in [0.1, 0.15) is 22.7 Å². The highest BCUT2D eigenvalue weighted by molar-refractivity contribution is 5.56. The van der Waals surface area contributed by atoms with Gasteiger partial charge in [0.2, 0.25) is 0 Å². The van der Waals surface area contributed by atoms with E-state index in [9.17, 15) is 10.2 Å². The quantitative estimate of drug-likeness (QED) is 0.692. The minimum absolute atomic E-state index is 0.0174. The molecule has 2 aromatic carbocycles. The Morgan fingerprint density at radius 3 is 1.64 bits per heavy atom. The highest BCUT2D eigenvalue weighted by Gasteiger charge is 2.05. The third-order valence-electron chi connectivity index (χ3n) is 3.81. The fraction of sp³-hybridized carbons (Fsp3) is 0.0455. The van der Waals surface area contributed by atoms with Crippen LogP contribution < -0.4 is 0 Å². The van der Waals surface area contributed by atoms with Gasteiger partial charge in [0.05, 0.1) is 5.69 Å². The number of aromatic hydroxyl groups is 2. The third-order valence-corrected chi connectivity index (χ3v) is 3.81. The van der Waals surface area contributed by atoms with E-state index in [2.05, 4.69) is 17.1 Å². The van der Waals surface area contributed by atoms with Gasteiger partial charge in [-0.05, 0) is 47.5 Å². The van der Waals surface area contributed by atoms with Gasteiger partial charge >= 0.3 is 0 Å². The van der Waals surface area contributed by atoms with Gasteiger partial charge in [-0.3, -0.25) is 4.98 Å². The summed E-state index contributed by atoms with van der Waals surface area (Å²) in [7, 11) is 0. The maximum atomic E-state index is 9.38. The molecule has 124 valence electrons. The number of pyridine rings is 1. The van der Waals surface area contributed by atoms with Crippen molar-refractivity contribution in [1.29, 1.82) is 0 Å². The molecule has 2 N–H and O–H groups in total. The Balaban J connectivity index is 1.84. The molecule has 0 aliphatic carbocycles. The molecule has 0 saturated carbocycles. The molecule has 25 heavy (non-hydrogen) atoms. The monoisotopic (exact) mass is 329 g/mol. The average molecular weight is 329 g/mol. The van der Waals surface area contributed by atoms with E-state index in [1.165, 1.54) is 0 Å². The zero-order chi connectivity index (χ0) is 17.5. The van der Waals surface area contributed by atoms with Gasteiger partial charge in [-0.1, -0.05) is 54.6 Å². The lowest BCUT2D eigenvalue weighted by Crippen LogP contribution is -1.94. The molecule has 0 aliphatic rings. The van der Waals surface area contributed by atoms with Gasteiger partial charge in [0.15, 0.2) is 0 Å². The first-order valence-electron chi connectivity index (χ1n) is 8.06. The number of aromatic nitrogens is 1. The summed E-state index contributed by atoms with van der Waals surface area (Å²) < 4.78 is 0. The van der Waals surface area contributed by atoms with Gasteiger partial charge in [-0.2, -0.15) is 0 Å². The second kappa shape index (κ2) is 7.97. The zero-order valence-corrected chi connectivity index (χ0v) is 13.7. The molecule has 3 rings (SSSR count). The van der Waals surface area contributed by atoms with Crippen molar-refractivity contribution in [3.63, 3.8) is 0 Å². The topological polar surface area (TPSA) is 53.4 Å². The molecule has 0 bridgehead atoms. The first kappa shape index (κ1) is 16.5. The summed E-state index contributed by atoms with van der Waals surface area (Å²) in [6.45, 7) is 0. The van der Waals surface area contributed by atoms with Crippen LogP contribution in [0, 0.1) is 0 Å². The molecule has 0 radical (unpaired) electrons. The van der Waals surface area contributed by atoms with E-state index in [-0.39, 0.29) is 17.4 Å². The number of nitrogens with zero attached hydrogens (tertiary/aromatic N) is 1. The van der Waals surface area contributed by atoms with Gasteiger partial charge in [0.1, 0.15) is 11.5 Å². The van der Waals surface area contributed by atoms with Crippen molar-refractivity contribution in [3.8, 4) is 11.5 Å². The van der Waals surface area contributed by atoms with Crippen LogP contribution in [0.25, 0.3) is 12.2 Å². The van der Waals surface area contributed by atoms with Crippen LogP contribution in [0.2, 0.25) is 0 Å². The Labute approximate surface area is 147 Å². The molecule has 3 aromatic rings. The number of rotatable bonds is 5. The van der Waals surface area contributed by atoms with E-state index in [0.717, 1.165) is 16.8 Å². The molecule has 0 unspecified atom stereocenters. The molecule has 0 amide bonds. The van der Waals surface area contributed by atoms with Crippen molar-refractivity contribution in [2.24, 2.45) is 0 Å². The molecule has 0 fully saturated rings. The highest BCUT2D eigenvalue weighted by atomic mass is 16.3. The summed E-state index contributed by atoms with van der Waals surface area (Å²) >= 11 is 0. The Hall–Kier alpha value is -3.33. The Bertz CT molecular complexity index is 795. The molecule has 0 spiro atoms. The van der Waals surface area contributed by atoms with Crippen LogP contribution in [0.5, 0.6) is 11.5 Å². The number of allylic oxidation sites excluding steroid dienone is 2. The fourth-order valence-electron chi connectivity index (χ4n) is 2.43. The minimum atomic E-state index is 0.0174. The Morgan fingerprint density at radius 2 is 1.20 bits per heavy atom. The lowest BCUT2D eigenvalue weighted by molar-refractivity contribution is 0.474. The molecule has 0 saturated heterocycles. The maximum Gasteiger partial charge on any atom is 0.115 e. The fourth-order valence-corrected chi connectivity index (χ4v) is 2.43. The molecule has 1 heterocycles. The number of phenols is 2. The molecule has 0 atom stereocenters. The molecule has 0 aliphatic heterocycles. The van der Waals surface area contributed by atoms with Crippen molar-refractivity contribution < 1.29 is 10.2 Å². The van der Waals surface area contributed by atoms with Crippen molar-refractivity contribution in [3.05, 3.63) is 102 Å². The molecule has 1 aromatic heterocycles. The maximum absolute atomic E-state index is 9.38. The van der Waals surface area contributed by atoms with Crippen LogP contribution in [0.4, 0.5) is 0 Å². The van der Waals surface area contributed by atoms with Crippen LogP contribution in [0.15, 0.2) is 85.1 Å². The number of hydrogen-bond acceptors (Lipinski definition) is 3. The minimum Gasteiger partial charge on any atom is -0.508 e. The summed E-state index contributed by atoms with van der Waals surface area (Å²) in [4.78, 5) is 4.45. The molecular weight excluding hydrogens is 310 g/mol. The number of benzene rings is 2. The summed E-state index contributed by atoms with van der Waals surface area (Å²) in [5, 5.41) is 18.8. The van der Waals surface area contributed by atoms with Crippen molar-refractivity contribution in [2.45, 2.75) is 5.92 Å². The van der Waals surface area contributed by atoms with Crippen LogP contribution >= 0.6 is 0 Å². The van der Waals surface area contributed by atoms with Gasteiger partial charge < -0.3 is 10.2 Å². The van der Waals surface area contributed by atoms with Crippen LogP contribution in [-0.2, 0) is 0 Å². The van der Waals surface area contributed by atoms with Crippen LogP contribution in [-0.4, -0.2) is 15.2 Å². The van der Waals surface area contributed by atoms with E-state index in [1.807, 2.05) is 54.6 Å². The third kappa shape index (κ3) is 4.82. The van der Waals surface area contributed by atoms with Crippen molar-refractivity contribution >= 4 is 12.2 Å². The predicted molar refractivity (Wildman–Crippen MR) is 101 cm³/mol. The average Bonchev–Trinajstić information content (AvgIpc) is 2.65. The normalized spacial score (nSPS) is 12.6. The number of hydrogen-bond donors (Lipinski definition) is 2. The second-order valence-electron chi connectivity index (χ2n) is 5.68. The standard InChI is InChI=1S/C22H19NO2/c24-20-12-6-17(7-13-20)4-10-19(22-3-1-2-16-23-22)11-5-18-8-14-21(25)15-9-18/h1-16,19,24-25H. The highest BCUT2D eigenvalue weighted by Crippen LogP contribution is 2.21. The summed E-state index contributed by atoms with van der Waals surface area (Å²) in [5.41, 5.74) is 2.97. The number of phenolic OH excluding ortho intramolecular Hbond substituents is 2. The van der Waals surface area contributed by atoms with Gasteiger partial charge in [0.25, 0.3) is 0 Å². The van der Waals surface area contributed by atoms with E-state index >= 15 is 0 Å². The van der Waals surface area contributed by atoms with Crippen molar-refractivity contribution in [1.82, 2.24) is 4.98 Å². The van der Waals surface area contributed by atoms with Crippen molar-refractivity contribution in [2.75, 3.05) is 0 Å². The second-order valence-corrected chi connectivity index (χ2v) is 5.68. The zero-order valence-electron chi connectivity index (χ0n) is 13.7. The summed E-state index contributed by atoms with van der Waals surface area (Å²) in [5.74, 6) is 0.528. The van der Waals surface area contributed by atoms with E-state index in [4.69, 9.17) is 0 Å².